The Bertz CT molecular complexity index is 572. The summed E-state index contributed by atoms with van der Waals surface area (Å²) in [5, 5.41) is 0.899. The monoisotopic (exact) mass is 281 g/mol. The lowest BCUT2D eigenvalue weighted by Gasteiger charge is -2.02. The number of aromatic amines is 1. The molecule has 0 saturated carbocycles. The third kappa shape index (κ3) is 1.63. The molecule has 1 aromatic carbocycles. The first kappa shape index (κ1) is 11.2. The summed E-state index contributed by atoms with van der Waals surface area (Å²) < 4.78 is 6.09. The summed E-state index contributed by atoms with van der Waals surface area (Å²) in [5.74, 6) is 0.796. The van der Waals surface area contributed by atoms with E-state index in [1.165, 1.54) is 0 Å². The van der Waals surface area contributed by atoms with Crippen LogP contribution in [-0.4, -0.2) is 17.9 Å². The number of H-pyrrole nitrogens is 1. The molecule has 16 heavy (non-hydrogen) atoms. The van der Waals surface area contributed by atoms with Crippen molar-refractivity contribution in [3.05, 3.63) is 27.9 Å². The van der Waals surface area contributed by atoms with Crippen molar-refractivity contribution in [1.82, 2.24) is 4.98 Å². The predicted molar refractivity (Wildman–Crippen MR) is 67.3 cm³/mol. The molecule has 1 heterocycles. The Labute approximate surface area is 102 Å². The molecule has 0 unspecified atom stereocenters. The molecule has 2 aromatic rings. The zero-order chi connectivity index (χ0) is 11.9. The lowest BCUT2D eigenvalue weighted by atomic mass is 10.1. The van der Waals surface area contributed by atoms with E-state index >= 15 is 0 Å². The van der Waals surface area contributed by atoms with Crippen LogP contribution in [0.4, 0.5) is 0 Å². The number of aromatic nitrogens is 1. The average Bonchev–Trinajstić information content (AvgIpc) is 2.54. The van der Waals surface area contributed by atoms with Crippen LogP contribution in [0.5, 0.6) is 5.75 Å². The molecule has 0 spiro atoms. The van der Waals surface area contributed by atoms with E-state index in [1.807, 2.05) is 19.1 Å². The minimum atomic E-state index is 0.0592. The van der Waals surface area contributed by atoms with Crippen LogP contribution in [0.15, 0.2) is 16.6 Å². The molecule has 1 N–H and O–H groups in total. The topological polar surface area (TPSA) is 42.1 Å². The standard InChI is InChI=1S/C12H12BrNO2/c1-6-11(7(2)15)9-4-8(16-3)5-10(13)12(9)14-6/h4-5,14H,1-3H3. The fourth-order valence-corrected chi connectivity index (χ4v) is 2.47. The third-order valence-corrected chi connectivity index (χ3v) is 3.23. The highest BCUT2D eigenvalue weighted by molar-refractivity contribution is 9.10. The number of ketones is 1. The van der Waals surface area contributed by atoms with Gasteiger partial charge in [-0.25, -0.2) is 0 Å². The fraction of sp³-hybridized carbons (Fsp3) is 0.250. The van der Waals surface area contributed by atoms with E-state index in [-0.39, 0.29) is 5.78 Å². The molecule has 1 aromatic heterocycles. The number of carbonyl (C=O) groups excluding carboxylic acids is 1. The number of Topliss-reactive ketones (excluding diaryl/α,β-unsaturated/α-hetero) is 1. The van der Waals surface area contributed by atoms with E-state index < -0.39 is 0 Å². The second kappa shape index (κ2) is 3.94. The Balaban J connectivity index is 2.86. The number of ether oxygens (including phenoxy) is 1. The number of hydrogen-bond donors (Lipinski definition) is 1. The summed E-state index contributed by atoms with van der Waals surface area (Å²) in [6.45, 7) is 3.47. The van der Waals surface area contributed by atoms with Gasteiger partial charge in [0.2, 0.25) is 0 Å². The van der Waals surface area contributed by atoms with Crippen LogP contribution in [0.3, 0.4) is 0 Å². The van der Waals surface area contributed by atoms with Crippen molar-refractivity contribution in [3.8, 4) is 5.75 Å². The molecule has 0 bridgehead atoms. The largest absolute Gasteiger partial charge is 0.497 e. The molecule has 0 aliphatic rings. The molecule has 0 radical (unpaired) electrons. The van der Waals surface area contributed by atoms with E-state index in [0.717, 1.165) is 32.4 Å². The van der Waals surface area contributed by atoms with Crippen molar-refractivity contribution in [2.24, 2.45) is 0 Å². The van der Waals surface area contributed by atoms with Crippen molar-refractivity contribution in [1.29, 1.82) is 0 Å². The third-order valence-electron chi connectivity index (χ3n) is 2.61. The number of carbonyl (C=O) groups is 1. The molecule has 0 aliphatic heterocycles. The Morgan fingerprint density at radius 2 is 2.12 bits per heavy atom. The van der Waals surface area contributed by atoms with Crippen LogP contribution >= 0.6 is 15.9 Å². The van der Waals surface area contributed by atoms with E-state index in [1.54, 1.807) is 14.0 Å². The number of methoxy groups -OCH3 is 1. The van der Waals surface area contributed by atoms with E-state index in [0.29, 0.717) is 0 Å². The molecule has 84 valence electrons. The molecule has 2 rings (SSSR count). The summed E-state index contributed by atoms with van der Waals surface area (Å²) in [4.78, 5) is 14.8. The Kier molecular flexibility index (Phi) is 2.76. The van der Waals surface area contributed by atoms with Gasteiger partial charge in [-0.1, -0.05) is 0 Å². The molecule has 4 heteroatoms. The lowest BCUT2D eigenvalue weighted by Crippen LogP contribution is -1.93. The quantitative estimate of drug-likeness (QED) is 0.857. The number of halogens is 1. The van der Waals surface area contributed by atoms with Gasteiger partial charge in [0.15, 0.2) is 5.78 Å². The first-order valence-corrected chi connectivity index (χ1v) is 5.70. The first-order valence-electron chi connectivity index (χ1n) is 4.91. The van der Waals surface area contributed by atoms with Gasteiger partial charge in [0.05, 0.1) is 12.6 Å². The van der Waals surface area contributed by atoms with Gasteiger partial charge < -0.3 is 9.72 Å². The summed E-state index contributed by atoms with van der Waals surface area (Å²) in [6, 6.07) is 3.75. The number of hydrogen-bond acceptors (Lipinski definition) is 2. The van der Waals surface area contributed by atoms with Crippen molar-refractivity contribution in [2.75, 3.05) is 7.11 Å². The maximum Gasteiger partial charge on any atom is 0.162 e. The van der Waals surface area contributed by atoms with Crippen LogP contribution < -0.4 is 4.74 Å². The SMILES string of the molecule is COc1cc(Br)c2[nH]c(C)c(C(C)=O)c2c1. The van der Waals surface area contributed by atoms with Crippen molar-refractivity contribution in [3.63, 3.8) is 0 Å². The number of rotatable bonds is 2. The minimum Gasteiger partial charge on any atom is -0.497 e. The molecular formula is C12H12BrNO2. The summed E-state index contributed by atoms with van der Waals surface area (Å²) >= 11 is 3.46. The van der Waals surface area contributed by atoms with Crippen LogP contribution in [-0.2, 0) is 0 Å². The Morgan fingerprint density at radius 1 is 1.44 bits per heavy atom. The molecule has 0 amide bonds. The highest BCUT2D eigenvalue weighted by Crippen LogP contribution is 2.32. The van der Waals surface area contributed by atoms with Crippen molar-refractivity contribution < 1.29 is 9.53 Å². The van der Waals surface area contributed by atoms with Crippen LogP contribution in [0.1, 0.15) is 23.0 Å². The van der Waals surface area contributed by atoms with Gasteiger partial charge in [-0.05, 0) is 41.9 Å². The van der Waals surface area contributed by atoms with Gasteiger partial charge in [-0.2, -0.15) is 0 Å². The van der Waals surface area contributed by atoms with Crippen LogP contribution in [0.25, 0.3) is 10.9 Å². The number of aryl methyl sites for hydroxylation is 1. The number of fused-ring (bicyclic) bond motifs is 1. The smallest absolute Gasteiger partial charge is 0.162 e. The minimum absolute atomic E-state index is 0.0592. The van der Waals surface area contributed by atoms with Gasteiger partial charge in [0.1, 0.15) is 5.75 Å². The highest BCUT2D eigenvalue weighted by atomic mass is 79.9. The molecule has 0 aliphatic carbocycles. The van der Waals surface area contributed by atoms with Gasteiger partial charge >= 0.3 is 0 Å². The molecule has 0 saturated heterocycles. The Morgan fingerprint density at radius 3 is 2.69 bits per heavy atom. The van der Waals surface area contributed by atoms with Gasteiger partial charge in [-0.15, -0.1) is 0 Å². The van der Waals surface area contributed by atoms with E-state index in [2.05, 4.69) is 20.9 Å². The lowest BCUT2D eigenvalue weighted by molar-refractivity contribution is 0.101. The average molecular weight is 282 g/mol. The summed E-state index contributed by atoms with van der Waals surface area (Å²) in [5.41, 5.74) is 2.55. The van der Waals surface area contributed by atoms with Crippen LogP contribution in [0.2, 0.25) is 0 Å². The highest BCUT2D eigenvalue weighted by Gasteiger charge is 2.15. The summed E-state index contributed by atoms with van der Waals surface area (Å²) in [6.07, 6.45) is 0. The second-order valence-electron chi connectivity index (χ2n) is 3.71. The summed E-state index contributed by atoms with van der Waals surface area (Å²) in [7, 11) is 1.61. The van der Waals surface area contributed by atoms with Crippen LogP contribution in [0, 0.1) is 6.92 Å². The second-order valence-corrected chi connectivity index (χ2v) is 4.57. The van der Waals surface area contributed by atoms with Gasteiger partial charge in [0, 0.05) is 21.1 Å². The maximum atomic E-state index is 11.6. The zero-order valence-corrected chi connectivity index (χ0v) is 10.9. The fourth-order valence-electron chi connectivity index (χ4n) is 1.93. The maximum absolute atomic E-state index is 11.6. The number of benzene rings is 1. The van der Waals surface area contributed by atoms with Crippen molar-refractivity contribution >= 4 is 32.6 Å². The molecule has 3 nitrogen and oxygen atoms in total. The van der Waals surface area contributed by atoms with Gasteiger partial charge in [0.25, 0.3) is 0 Å². The molecule has 0 fully saturated rings. The Hall–Kier alpha value is -1.29. The predicted octanol–water partition coefficient (Wildman–Crippen LogP) is 3.45. The van der Waals surface area contributed by atoms with Gasteiger partial charge in [-0.3, -0.25) is 4.79 Å². The normalized spacial score (nSPS) is 10.8. The molecular weight excluding hydrogens is 270 g/mol. The molecule has 0 atom stereocenters. The zero-order valence-electron chi connectivity index (χ0n) is 9.35. The number of nitrogens with one attached hydrogen (secondary N) is 1. The van der Waals surface area contributed by atoms with E-state index in [9.17, 15) is 4.79 Å². The van der Waals surface area contributed by atoms with Crippen molar-refractivity contribution in [2.45, 2.75) is 13.8 Å². The van der Waals surface area contributed by atoms with E-state index in [4.69, 9.17) is 4.74 Å². The first-order chi connectivity index (χ1) is 7.54.